The number of rotatable bonds is 3. The van der Waals surface area contributed by atoms with Crippen LogP contribution in [0.1, 0.15) is 39.5 Å². The highest BCUT2D eigenvalue weighted by Gasteiger charge is 2.33. The summed E-state index contributed by atoms with van der Waals surface area (Å²) < 4.78 is 4.78. The molecule has 2 fully saturated rings. The van der Waals surface area contributed by atoms with Crippen LogP contribution >= 0.6 is 0 Å². The Bertz CT molecular complexity index is 362. The first-order valence-corrected chi connectivity index (χ1v) is 7.64. The Kier molecular flexibility index (Phi) is 5.02. The second-order valence-corrected chi connectivity index (χ2v) is 6.17. The largest absolute Gasteiger partial charge is 0.469 e. The number of piperidine rings is 1. The lowest BCUT2D eigenvalue weighted by atomic mass is 9.97. The van der Waals surface area contributed by atoms with E-state index in [1.54, 1.807) is 0 Å². The topological polar surface area (TPSA) is 49.9 Å². The first-order valence-electron chi connectivity index (χ1n) is 7.64. The Labute approximate surface area is 121 Å². The summed E-state index contributed by atoms with van der Waals surface area (Å²) in [5.41, 5.74) is 0. The van der Waals surface area contributed by atoms with Gasteiger partial charge in [-0.15, -0.1) is 0 Å². The lowest BCUT2D eigenvalue weighted by Crippen LogP contribution is -2.50. The van der Waals surface area contributed by atoms with Crippen LogP contribution in [0.5, 0.6) is 0 Å². The van der Waals surface area contributed by atoms with Crippen molar-refractivity contribution in [1.29, 1.82) is 0 Å². The summed E-state index contributed by atoms with van der Waals surface area (Å²) in [4.78, 5) is 28.1. The van der Waals surface area contributed by atoms with Gasteiger partial charge in [0.2, 0.25) is 5.91 Å². The average molecular weight is 282 g/mol. The molecule has 5 nitrogen and oxygen atoms in total. The molecule has 0 bridgehead atoms. The highest BCUT2D eigenvalue weighted by Crippen LogP contribution is 2.24. The number of carbonyl (C=O) groups excluding carboxylic acids is 2. The van der Waals surface area contributed by atoms with Gasteiger partial charge in [-0.05, 0) is 46.1 Å². The van der Waals surface area contributed by atoms with E-state index in [1.165, 1.54) is 13.5 Å². The van der Waals surface area contributed by atoms with Crippen LogP contribution in [0.3, 0.4) is 0 Å². The van der Waals surface area contributed by atoms with E-state index in [2.05, 4.69) is 18.7 Å². The third-order valence-corrected chi connectivity index (χ3v) is 4.65. The van der Waals surface area contributed by atoms with E-state index in [4.69, 9.17) is 4.74 Å². The molecule has 3 atom stereocenters. The van der Waals surface area contributed by atoms with Crippen molar-refractivity contribution in [1.82, 2.24) is 9.80 Å². The van der Waals surface area contributed by atoms with Crippen molar-refractivity contribution in [2.75, 3.05) is 26.7 Å². The van der Waals surface area contributed by atoms with Crippen molar-refractivity contribution in [3.63, 3.8) is 0 Å². The van der Waals surface area contributed by atoms with E-state index in [1.807, 2.05) is 4.90 Å². The van der Waals surface area contributed by atoms with Gasteiger partial charge >= 0.3 is 5.97 Å². The molecule has 2 rings (SSSR count). The number of carbonyl (C=O) groups is 2. The highest BCUT2D eigenvalue weighted by molar-refractivity contribution is 5.79. The average Bonchev–Trinajstić information content (AvgIpc) is 2.86. The van der Waals surface area contributed by atoms with Gasteiger partial charge in [0.15, 0.2) is 0 Å². The molecule has 0 radical (unpaired) electrons. The molecular formula is C15H26N2O3. The molecule has 0 saturated carbocycles. The van der Waals surface area contributed by atoms with Crippen molar-refractivity contribution < 1.29 is 14.3 Å². The Hall–Kier alpha value is -1.10. The van der Waals surface area contributed by atoms with Gasteiger partial charge in [-0.2, -0.15) is 0 Å². The number of hydrogen-bond donors (Lipinski definition) is 0. The first-order chi connectivity index (χ1) is 9.52. The summed E-state index contributed by atoms with van der Waals surface area (Å²) in [7, 11) is 1.42. The van der Waals surface area contributed by atoms with E-state index >= 15 is 0 Å². The SMILES string of the molecule is COC(=O)C1CCN(CC(=O)N2C(C)CCCC2C)C1. The van der Waals surface area contributed by atoms with Gasteiger partial charge in [0.25, 0.3) is 0 Å². The van der Waals surface area contributed by atoms with E-state index in [9.17, 15) is 9.59 Å². The van der Waals surface area contributed by atoms with Gasteiger partial charge in [-0.25, -0.2) is 0 Å². The Morgan fingerprint density at radius 3 is 2.40 bits per heavy atom. The van der Waals surface area contributed by atoms with Crippen LogP contribution in [-0.2, 0) is 14.3 Å². The minimum atomic E-state index is -0.153. The molecule has 1 amide bonds. The minimum absolute atomic E-state index is 0.0657. The monoisotopic (exact) mass is 282 g/mol. The summed E-state index contributed by atoms with van der Waals surface area (Å²) >= 11 is 0. The van der Waals surface area contributed by atoms with Crippen molar-refractivity contribution in [2.45, 2.75) is 51.6 Å². The van der Waals surface area contributed by atoms with Crippen LogP contribution < -0.4 is 0 Å². The molecule has 0 aliphatic carbocycles. The van der Waals surface area contributed by atoms with Gasteiger partial charge in [-0.3, -0.25) is 14.5 Å². The van der Waals surface area contributed by atoms with E-state index < -0.39 is 0 Å². The van der Waals surface area contributed by atoms with Gasteiger partial charge < -0.3 is 9.64 Å². The number of nitrogens with zero attached hydrogens (tertiary/aromatic N) is 2. The molecule has 2 aliphatic heterocycles. The second-order valence-electron chi connectivity index (χ2n) is 6.17. The molecule has 0 aromatic carbocycles. The van der Waals surface area contributed by atoms with Crippen LogP contribution in [0.25, 0.3) is 0 Å². The van der Waals surface area contributed by atoms with Gasteiger partial charge in [0.05, 0.1) is 19.6 Å². The first kappa shape index (κ1) is 15.3. The molecular weight excluding hydrogens is 256 g/mol. The van der Waals surface area contributed by atoms with Crippen LogP contribution in [0.15, 0.2) is 0 Å². The van der Waals surface area contributed by atoms with Gasteiger partial charge in [-0.1, -0.05) is 0 Å². The summed E-state index contributed by atoms with van der Waals surface area (Å²) in [6.45, 7) is 6.16. The fraction of sp³-hybridized carbons (Fsp3) is 0.867. The summed E-state index contributed by atoms with van der Waals surface area (Å²) in [5.74, 6) is -0.0149. The number of ether oxygens (including phenoxy) is 1. The Balaban J connectivity index is 1.87. The predicted octanol–water partition coefficient (Wildman–Crippen LogP) is 1.27. The molecule has 0 aromatic rings. The maximum Gasteiger partial charge on any atom is 0.310 e. The van der Waals surface area contributed by atoms with Crippen molar-refractivity contribution in [3.8, 4) is 0 Å². The standard InChI is InChI=1S/C15H26N2O3/c1-11-5-4-6-12(2)17(11)14(18)10-16-8-7-13(9-16)15(19)20-3/h11-13H,4-10H2,1-3H3. The van der Waals surface area contributed by atoms with Crippen molar-refractivity contribution >= 4 is 11.9 Å². The lowest BCUT2D eigenvalue weighted by molar-refractivity contribution is -0.145. The maximum absolute atomic E-state index is 12.5. The molecule has 2 heterocycles. The zero-order valence-corrected chi connectivity index (χ0v) is 12.8. The van der Waals surface area contributed by atoms with Crippen LogP contribution in [0.2, 0.25) is 0 Å². The van der Waals surface area contributed by atoms with E-state index in [0.29, 0.717) is 25.2 Å². The molecule has 20 heavy (non-hydrogen) atoms. The maximum atomic E-state index is 12.5. The number of esters is 1. The van der Waals surface area contributed by atoms with E-state index in [-0.39, 0.29) is 17.8 Å². The zero-order valence-electron chi connectivity index (χ0n) is 12.8. The number of hydrogen-bond acceptors (Lipinski definition) is 4. The quantitative estimate of drug-likeness (QED) is 0.732. The molecule has 0 spiro atoms. The molecule has 5 heteroatoms. The van der Waals surface area contributed by atoms with Gasteiger partial charge in [0.1, 0.15) is 0 Å². The minimum Gasteiger partial charge on any atom is -0.469 e. The van der Waals surface area contributed by atoms with Crippen molar-refractivity contribution in [2.24, 2.45) is 5.92 Å². The summed E-state index contributed by atoms with van der Waals surface area (Å²) in [5, 5.41) is 0. The molecule has 114 valence electrons. The summed E-state index contributed by atoms with van der Waals surface area (Å²) in [6, 6.07) is 0.676. The second kappa shape index (κ2) is 6.57. The molecule has 0 aromatic heterocycles. The molecule has 0 N–H and O–H groups in total. The van der Waals surface area contributed by atoms with Crippen molar-refractivity contribution in [3.05, 3.63) is 0 Å². The fourth-order valence-electron chi connectivity index (χ4n) is 3.52. The third kappa shape index (κ3) is 3.32. The van der Waals surface area contributed by atoms with Gasteiger partial charge in [0, 0.05) is 18.6 Å². The molecule has 2 aliphatic rings. The zero-order chi connectivity index (χ0) is 14.7. The normalized spacial score (nSPS) is 31.4. The van der Waals surface area contributed by atoms with Crippen LogP contribution in [-0.4, -0.2) is 60.5 Å². The summed E-state index contributed by atoms with van der Waals surface area (Å²) in [6.07, 6.45) is 4.20. The molecule has 3 unspecified atom stereocenters. The number of amides is 1. The number of methoxy groups -OCH3 is 1. The smallest absolute Gasteiger partial charge is 0.310 e. The predicted molar refractivity (Wildman–Crippen MR) is 76.2 cm³/mol. The fourth-order valence-corrected chi connectivity index (χ4v) is 3.52. The Morgan fingerprint density at radius 2 is 1.80 bits per heavy atom. The number of likely N-dealkylation sites (tertiary alicyclic amines) is 2. The highest BCUT2D eigenvalue weighted by atomic mass is 16.5. The molecule has 2 saturated heterocycles. The third-order valence-electron chi connectivity index (χ3n) is 4.65. The Morgan fingerprint density at radius 1 is 1.15 bits per heavy atom. The lowest BCUT2D eigenvalue weighted by Gasteiger charge is -2.39. The van der Waals surface area contributed by atoms with Crippen LogP contribution in [0.4, 0.5) is 0 Å². The van der Waals surface area contributed by atoms with E-state index in [0.717, 1.165) is 25.8 Å². The van der Waals surface area contributed by atoms with Crippen LogP contribution in [0, 0.1) is 5.92 Å².